The number of aromatic nitrogens is 1. The van der Waals surface area contributed by atoms with E-state index in [0.29, 0.717) is 17.3 Å². The van der Waals surface area contributed by atoms with Crippen LogP contribution in [0.3, 0.4) is 0 Å². The molecule has 1 aromatic heterocycles. The maximum atomic E-state index is 5.60. The molecule has 0 radical (unpaired) electrons. The number of hydrogen-bond donors (Lipinski definition) is 1. The van der Waals surface area contributed by atoms with Gasteiger partial charge in [0, 0.05) is 5.92 Å². The van der Waals surface area contributed by atoms with Gasteiger partial charge in [0.05, 0.1) is 5.71 Å². The molecule has 1 N–H and O–H groups in total. The second kappa shape index (κ2) is 6.63. The Morgan fingerprint density at radius 3 is 2.92 bits per heavy atom. The van der Waals surface area contributed by atoms with Gasteiger partial charge in [-0.2, -0.15) is 10.1 Å². The van der Waals surface area contributed by atoms with Gasteiger partial charge in [-0.3, -0.25) is 0 Å². The summed E-state index contributed by atoms with van der Waals surface area (Å²) in [5.41, 5.74) is 7.12. The quantitative estimate of drug-likeness (QED) is 0.455. The highest BCUT2D eigenvalue weighted by Gasteiger charge is 2.30. The lowest BCUT2D eigenvalue weighted by Crippen LogP contribution is -2.26. The van der Waals surface area contributed by atoms with E-state index in [0.717, 1.165) is 16.8 Å². The highest BCUT2D eigenvalue weighted by molar-refractivity contribution is 5.93. The van der Waals surface area contributed by atoms with E-state index in [-0.39, 0.29) is 0 Å². The first-order chi connectivity index (χ1) is 11.5. The highest BCUT2D eigenvalue weighted by Crippen LogP contribution is 2.41. The number of nitrogens with zero attached hydrogens (tertiary/aromatic N) is 2. The SMILES string of the molecule is CC1=CCCC(C)(C)C1/C=C/C(C)=N/Nc1nc2ccccc2o1. The van der Waals surface area contributed by atoms with Gasteiger partial charge in [-0.15, -0.1) is 0 Å². The van der Waals surface area contributed by atoms with E-state index in [4.69, 9.17) is 4.42 Å². The van der Waals surface area contributed by atoms with Crippen LogP contribution in [0.2, 0.25) is 0 Å². The van der Waals surface area contributed by atoms with Crippen molar-refractivity contribution in [1.82, 2.24) is 4.98 Å². The fourth-order valence-corrected chi connectivity index (χ4v) is 3.31. The van der Waals surface area contributed by atoms with Gasteiger partial charge in [0.25, 0.3) is 0 Å². The predicted octanol–water partition coefficient (Wildman–Crippen LogP) is 5.55. The third-order valence-corrected chi connectivity index (χ3v) is 4.74. The predicted molar refractivity (Wildman–Crippen MR) is 100 cm³/mol. The summed E-state index contributed by atoms with van der Waals surface area (Å²) in [5, 5.41) is 4.35. The van der Waals surface area contributed by atoms with Crippen molar-refractivity contribution < 1.29 is 4.42 Å². The van der Waals surface area contributed by atoms with Crippen LogP contribution in [0.15, 0.2) is 57.6 Å². The van der Waals surface area contributed by atoms with Crippen LogP contribution < -0.4 is 5.43 Å². The third kappa shape index (κ3) is 3.58. The molecule has 1 unspecified atom stereocenters. The lowest BCUT2D eigenvalue weighted by molar-refractivity contribution is 0.255. The molecule has 0 aliphatic heterocycles. The minimum Gasteiger partial charge on any atom is -0.422 e. The van der Waals surface area contributed by atoms with Crippen LogP contribution >= 0.6 is 0 Å². The first-order valence-electron chi connectivity index (χ1n) is 8.46. The molecule has 4 nitrogen and oxygen atoms in total. The standard InChI is InChI=1S/C20H25N3O/c1-14-8-7-13-20(3,4)16(14)12-11-15(2)22-23-19-21-17-9-5-6-10-18(17)24-19/h5-6,8-12,16H,7,13H2,1-4H3,(H,21,23)/b12-11+,22-15+. The molecule has 1 heterocycles. The second-order valence-corrected chi connectivity index (χ2v) is 7.16. The van der Waals surface area contributed by atoms with Crippen molar-refractivity contribution >= 4 is 22.8 Å². The number of benzene rings is 1. The molecule has 0 saturated heterocycles. The zero-order valence-electron chi connectivity index (χ0n) is 14.8. The molecule has 2 aromatic rings. The fourth-order valence-electron chi connectivity index (χ4n) is 3.31. The lowest BCUT2D eigenvalue weighted by atomic mass is 9.68. The highest BCUT2D eigenvalue weighted by atomic mass is 16.4. The molecule has 1 aliphatic rings. The maximum absolute atomic E-state index is 5.60. The number of fused-ring (bicyclic) bond motifs is 1. The largest absolute Gasteiger partial charge is 0.422 e. The Hall–Kier alpha value is -2.36. The summed E-state index contributed by atoms with van der Waals surface area (Å²) in [6, 6.07) is 8.09. The molecule has 0 bridgehead atoms. The van der Waals surface area contributed by atoms with Crippen molar-refractivity contribution in [2.24, 2.45) is 16.4 Å². The zero-order chi connectivity index (χ0) is 17.2. The van der Waals surface area contributed by atoms with Crippen molar-refractivity contribution in [3.63, 3.8) is 0 Å². The first-order valence-corrected chi connectivity index (χ1v) is 8.46. The first kappa shape index (κ1) is 16.5. The summed E-state index contributed by atoms with van der Waals surface area (Å²) in [4.78, 5) is 4.35. The van der Waals surface area contributed by atoms with Crippen molar-refractivity contribution in [3.05, 3.63) is 48.1 Å². The molecule has 1 atom stereocenters. The van der Waals surface area contributed by atoms with Gasteiger partial charge in [-0.05, 0) is 50.3 Å². The van der Waals surface area contributed by atoms with Gasteiger partial charge >= 0.3 is 6.01 Å². The van der Waals surface area contributed by atoms with Gasteiger partial charge in [0.1, 0.15) is 5.52 Å². The Morgan fingerprint density at radius 2 is 2.17 bits per heavy atom. The molecule has 1 aromatic carbocycles. The average Bonchev–Trinajstić information content (AvgIpc) is 2.94. The van der Waals surface area contributed by atoms with E-state index in [2.05, 4.69) is 54.5 Å². The molecule has 24 heavy (non-hydrogen) atoms. The average molecular weight is 323 g/mol. The molecule has 3 rings (SSSR count). The summed E-state index contributed by atoms with van der Waals surface area (Å²) >= 11 is 0. The number of anilines is 1. The Bertz CT molecular complexity index is 778. The van der Waals surface area contributed by atoms with E-state index >= 15 is 0 Å². The lowest BCUT2D eigenvalue weighted by Gasteiger charge is -2.36. The van der Waals surface area contributed by atoms with E-state index < -0.39 is 0 Å². The summed E-state index contributed by atoms with van der Waals surface area (Å²) < 4.78 is 5.60. The van der Waals surface area contributed by atoms with Crippen LogP contribution in [0.4, 0.5) is 6.01 Å². The second-order valence-electron chi connectivity index (χ2n) is 7.16. The van der Waals surface area contributed by atoms with Crippen LogP contribution in [-0.2, 0) is 0 Å². The minimum absolute atomic E-state index is 0.295. The molecule has 0 amide bonds. The van der Waals surface area contributed by atoms with Gasteiger partial charge in [0.15, 0.2) is 5.58 Å². The number of hydrogen-bond acceptors (Lipinski definition) is 4. The van der Waals surface area contributed by atoms with Crippen molar-refractivity contribution in [3.8, 4) is 0 Å². The van der Waals surface area contributed by atoms with Crippen LogP contribution in [0.1, 0.15) is 40.5 Å². The number of allylic oxidation sites excluding steroid dienone is 4. The Balaban J connectivity index is 1.69. The van der Waals surface area contributed by atoms with E-state index in [1.54, 1.807) is 0 Å². The molecule has 0 saturated carbocycles. The molecule has 126 valence electrons. The molecule has 0 fully saturated rings. The molecule has 4 heteroatoms. The number of rotatable bonds is 4. The van der Waals surface area contributed by atoms with Crippen molar-refractivity contribution in [1.29, 1.82) is 0 Å². The van der Waals surface area contributed by atoms with Crippen LogP contribution in [0, 0.1) is 11.3 Å². The van der Waals surface area contributed by atoms with Gasteiger partial charge in [-0.1, -0.05) is 43.7 Å². The number of hydrazone groups is 1. The fraction of sp³-hybridized carbons (Fsp3) is 0.400. The molecular formula is C20H25N3O. The maximum Gasteiger partial charge on any atom is 0.316 e. The van der Waals surface area contributed by atoms with E-state index in [1.807, 2.05) is 31.2 Å². The zero-order valence-corrected chi connectivity index (χ0v) is 14.8. The van der Waals surface area contributed by atoms with Gasteiger partial charge in [-0.25, -0.2) is 5.43 Å². The van der Waals surface area contributed by atoms with Crippen LogP contribution in [-0.4, -0.2) is 10.7 Å². The summed E-state index contributed by atoms with van der Waals surface area (Å²) in [6.07, 6.45) is 9.08. The van der Waals surface area contributed by atoms with Gasteiger partial charge < -0.3 is 4.42 Å². The minimum atomic E-state index is 0.295. The summed E-state index contributed by atoms with van der Waals surface area (Å²) in [5.74, 6) is 0.459. The van der Waals surface area contributed by atoms with Crippen LogP contribution in [0.25, 0.3) is 11.1 Å². The Kier molecular flexibility index (Phi) is 4.56. The van der Waals surface area contributed by atoms with E-state index in [1.165, 1.54) is 18.4 Å². The number of para-hydroxylation sites is 2. The van der Waals surface area contributed by atoms with Crippen LogP contribution in [0.5, 0.6) is 0 Å². The summed E-state index contributed by atoms with van der Waals surface area (Å²) in [7, 11) is 0. The number of nitrogens with one attached hydrogen (secondary N) is 1. The smallest absolute Gasteiger partial charge is 0.316 e. The molecule has 1 aliphatic carbocycles. The Morgan fingerprint density at radius 1 is 1.38 bits per heavy atom. The van der Waals surface area contributed by atoms with E-state index in [9.17, 15) is 0 Å². The Labute approximate surface area is 143 Å². The normalized spacial score (nSPS) is 21.2. The van der Waals surface area contributed by atoms with Crippen molar-refractivity contribution in [2.75, 3.05) is 5.43 Å². The summed E-state index contributed by atoms with van der Waals surface area (Å²) in [6.45, 7) is 8.86. The topological polar surface area (TPSA) is 50.4 Å². The monoisotopic (exact) mass is 323 g/mol. The van der Waals surface area contributed by atoms with Gasteiger partial charge in [0.2, 0.25) is 0 Å². The van der Waals surface area contributed by atoms with Crippen molar-refractivity contribution in [2.45, 2.75) is 40.5 Å². The molecule has 0 spiro atoms. The third-order valence-electron chi connectivity index (χ3n) is 4.74. The number of oxazole rings is 1. The molecular weight excluding hydrogens is 298 g/mol.